The first-order valence-corrected chi connectivity index (χ1v) is 6.32. The Morgan fingerprint density at radius 3 is 2.44 bits per heavy atom. The molecule has 16 heavy (non-hydrogen) atoms. The average molecular weight is 365 g/mol. The lowest BCUT2D eigenvalue weighted by molar-refractivity contribution is 1.30. The summed E-state index contributed by atoms with van der Waals surface area (Å²) in [6.07, 6.45) is 1.60. The molecule has 1 aromatic carbocycles. The lowest BCUT2D eigenvalue weighted by atomic mass is 10.3. The fraction of sp³-hybridized carbons (Fsp3) is 0. The normalized spacial score (nSPS) is 10.2. The molecule has 0 saturated carbocycles. The van der Waals surface area contributed by atoms with Gasteiger partial charge < -0.3 is 5.32 Å². The standard InChI is InChI=1S/C11H7Cl2IN2/c12-7-1-3-10(9(14)5-7)16-11-4-2-8(13)6-15-11/h1-6H,(H,15,16). The summed E-state index contributed by atoms with van der Waals surface area (Å²) >= 11 is 13.9. The van der Waals surface area contributed by atoms with E-state index >= 15 is 0 Å². The topological polar surface area (TPSA) is 24.9 Å². The molecular formula is C11H7Cl2IN2. The monoisotopic (exact) mass is 364 g/mol. The summed E-state index contributed by atoms with van der Waals surface area (Å²) in [6.45, 7) is 0. The van der Waals surface area contributed by atoms with E-state index in [4.69, 9.17) is 23.2 Å². The van der Waals surface area contributed by atoms with Crippen LogP contribution in [0.15, 0.2) is 36.5 Å². The van der Waals surface area contributed by atoms with Crippen LogP contribution in [-0.2, 0) is 0 Å². The fourth-order valence-electron chi connectivity index (χ4n) is 1.18. The Kier molecular flexibility index (Phi) is 3.89. The second kappa shape index (κ2) is 5.21. The summed E-state index contributed by atoms with van der Waals surface area (Å²) in [4.78, 5) is 4.16. The SMILES string of the molecule is Clc1ccc(Nc2ccc(Cl)cc2I)nc1. The van der Waals surface area contributed by atoms with Gasteiger partial charge in [0.1, 0.15) is 5.82 Å². The highest BCUT2D eigenvalue weighted by Gasteiger charge is 2.01. The first-order chi connectivity index (χ1) is 7.65. The molecule has 0 aliphatic rings. The van der Waals surface area contributed by atoms with Crippen molar-refractivity contribution in [1.29, 1.82) is 0 Å². The van der Waals surface area contributed by atoms with E-state index in [0.29, 0.717) is 5.02 Å². The first kappa shape index (κ1) is 12.0. The number of nitrogens with one attached hydrogen (secondary N) is 1. The molecule has 0 fully saturated rings. The van der Waals surface area contributed by atoms with Gasteiger partial charge >= 0.3 is 0 Å². The Labute approximate surface area is 117 Å². The van der Waals surface area contributed by atoms with Gasteiger partial charge in [-0.3, -0.25) is 0 Å². The van der Waals surface area contributed by atoms with E-state index in [0.717, 1.165) is 20.1 Å². The van der Waals surface area contributed by atoms with Crippen LogP contribution in [0.3, 0.4) is 0 Å². The van der Waals surface area contributed by atoms with Crippen LogP contribution in [0, 0.1) is 3.57 Å². The van der Waals surface area contributed by atoms with Gasteiger partial charge in [0.25, 0.3) is 0 Å². The number of pyridine rings is 1. The predicted octanol–water partition coefficient (Wildman–Crippen LogP) is 4.74. The smallest absolute Gasteiger partial charge is 0.130 e. The summed E-state index contributed by atoms with van der Waals surface area (Å²) in [5, 5.41) is 4.53. The Morgan fingerprint density at radius 1 is 1.06 bits per heavy atom. The van der Waals surface area contributed by atoms with Crippen LogP contribution in [0.1, 0.15) is 0 Å². The molecule has 2 rings (SSSR count). The van der Waals surface area contributed by atoms with E-state index in [-0.39, 0.29) is 0 Å². The molecule has 0 aliphatic heterocycles. The van der Waals surface area contributed by atoms with Gasteiger partial charge in [-0.05, 0) is 52.9 Å². The van der Waals surface area contributed by atoms with Crippen LogP contribution in [0.25, 0.3) is 0 Å². The number of hydrogen-bond acceptors (Lipinski definition) is 2. The summed E-state index contributed by atoms with van der Waals surface area (Å²) in [6, 6.07) is 9.26. The minimum absolute atomic E-state index is 0.622. The molecule has 0 bridgehead atoms. The number of benzene rings is 1. The van der Waals surface area contributed by atoms with Crippen LogP contribution in [0.2, 0.25) is 10.0 Å². The van der Waals surface area contributed by atoms with Crippen LogP contribution >= 0.6 is 45.8 Å². The molecule has 0 atom stereocenters. The van der Waals surface area contributed by atoms with E-state index in [2.05, 4.69) is 32.9 Å². The van der Waals surface area contributed by atoms with Gasteiger partial charge in [0.05, 0.1) is 10.7 Å². The highest BCUT2D eigenvalue weighted by atomic mass is 127. The van der Waals surface area contributed by atoms with Gasteiger partial charge in [-0.15, -0.1) is 0 Å². The van der Waals surface area contributed by atoms with Crippen molar-refractivity contribution in [3.63, 3.8) is 0 Å². The minimum Gasteiger partial charge on any atom is -0.339 e. The predicted molar refractivity (Wildman–Crippen MR) is 76.7 cm³/mol. The third kappa shape index (κ3) is 2.99. The lowest BCUT2D eigenvalue weighted by Crippen LogP contribution is -1.94. The maximum atomic E-state index is 5.88. The maximum Gasteiger partial charge on any atom is 0.130 e. The number of aromatic nitrogens is 1. The highest BCUT2D eigenvalue weighted by Crippen LogP contribution is 2.25. The van der Waals surface area contributed by atoms with Gasteiger partial charge in [-0.1, -0.05) is 23.2 Å². The van der Waals surface area contributed by atoms with Gasteiger partial charge in [0.2, 0.25) is 0 Å². The minimum atomic E-state index is 0.622. The summed E-state index contributed by atoms with van der Waals surface area (Å²) in [5.74, 6) is 0.754. The van der Waals surface area contributed by atoms with E-state index in [1.807, 2.05) is 24.3 Å². The number of nitrogens with zero attached hydrogens (tertiary/aromatic N) is 1. The van der Waals surface area contributed by atoms with Crippen LogP contribution in [-0.4, -0.2) is 4.98 Å². The van der Waals surface area contributed by atoms with E-state index < -0.39 is 0 Å². The van der Waals surface area contributed by atoms with Crippen molar-refractivity contribution in [2.75, 3.05) is 5.32 Å². The zero-order valence-electron chi connectivity index (χ0n) is 8.05. The Hall–Kier alpha value is -0.520. The second-order valence-corrected chi connectivity index (χ2v) is 5.15. The van der Waals surface area contributed by atoms with Crippen molar-refractivity contribution in [1.82, 2.24) is 4.98 Å². The molecule has 5 heteroatoms. The van der Waals surface area contributed by atoms with Crippen LogP contribution in [0.5, 0.6) is 0 Å². The Balaban J connectivity index is 2.23. The zero-order valence-corrected chi connectivity index (χ0v) is 11.7. The van der Waals surface area contributed by atoms with Gasteiger partial charge in [-0.2, -0.15) is 0 Å². The average Bonchev–Trinajstić information content (AvgIpc) is 2.25. The molecule has 0 saturated heterocycles. The summed E-state index contributed by atoms with van der Waals surface area (Å²) < 4.78 is 1.04. The number of rotatable bonds is 2. The molecule has 2 aromatic rings. The van der Waals surface area contributed by atoms with Crippen molar-refractivity contribution < 1.29 is 0 Å². The zero-order chi connectivity index (χ0) is 11.5. The third-order valence-corrected chi connectivity index (χ3v) is 3.27. The Morgan fingerprint density at radius 2 is 1.81 bits per heavy atom. The van der Waals surface area contributed by atoms with Crippen molar-refractivity contribution in [3.05, 3.63) is 50.1 Å². The van der Waals surface area contributed by atoms with E-state index in [1.165, 1.54) is 0 Å². The lowest BCUT2D eigenvalue weighted by Gasteiger charge is -2.07. The Bertz CT molecular complexity index is 500. The quantitative estimate of drug-likeness (QED) is 0.778. The summed E-state index contributed by atoms with van der Waals surface area (Å²) in [7, 11) is 0. The first-order valence-electron chi connectivity index (χ1n) is 4.49. The van der Waals surface area contributed by atoms with Crippen molar-refractivity contribution in [3.8, 4) is 0 Å². The largest absolute Gasteiger partial charge is 0.339 e. The molecule has 0 aliphatic carbocycles. The van der Waals surface area contributed by atoms with Gasteiger partial charge in [0, 0.05) is 14.8 Å². The van der Waals surface area contributed by atoms with Crippen LogP contribution < -0.4 is 5.32 Å². The fourth-order valence-corrected chi connectivity index (χ4v) is 2.30. The van der Waals surface area contributed by atoms with Crippen LogP contribution in [0.4, 0.5) is 11.5 Å². The molecule has 82 valence electrons. The molecule has 2 nitrogen and oxygen atoms in total. The van der Waals surface area contributed by atoms with E-state index in [1.54, 1.807) is 12.3 Å². The van der Waals surface area contributed by atoms with Crippen molar-refractivity contribution in [2.45, 2.75) is 0 Å². The molecule has 0 amide bonds. The van der Waals surface area contributed by atoms with Gasteiger partial charge in [0.15, 0.2) is 0 Å². The number of anilines is 2. The number of hydrogen-bond donors (Lipinski definition) is 1. The molecule has 1 N–H and O–H groups in total. The number of halogens is 3. The molecule has 0 radical (unpaired) electrons. The second-order valence-electron chi connectivity index (χ2n) is 3.11. The molecule has 1 aromatic heterocycles. The van der Waals surface area contributed by atoms with Crippen molar-refractivity contribution in [2.24, 2.45) is 0 Å². The van der Waals surface area contributed by atoms with Crippen molar-refractivity contribution >= 4 is 57.3 Å². The highest BCUT2D eigenvalue weighted by molar-refractivity contribution is 14.1. The maximum absolute atomic E-state index is 5.88. The molecule has 0 unspecified atom stereocenters. The molecule has 0 spiro atoms. The molecule has 1 heterocycles. The summed E-state index contributed by atoms with van der Waals surface area (Å²) in [5.41, 5.74) is 0.972. The molecular weight excluding hydrogens is 358 g/mol. The third-order valence-electron chi connectivity index (χ3n) is 1.92. The van der Waals surface area contributed by atoms with Gasteiger partial charge in [-0.25, -0.2) is 4.98 Å². The van der Waals surface area contributed by atoms with E-state index in [9.17, 15) is 0 Å².